The van der Waals surface area contributed by atoms with Crippen molar-refractivity contribution in [3.8, 4) is 0 Å². The lowest BCUT2D eigenvalue weighted by atomic mass is 9.80. The van der Waals surface area contributed by atoms with Crippen LogP contribution in [0.4, 0.5) is 0 Å². The fourth-order valence-corrected chi connectivity index (χ4v) is 2.64. The largest absolute Gasteiger partial charge is 0.315 e. The quantitative estimate of drug-likeness (QED) is 0.718. The predicted octanol–water partition coefficient (Wildman–Crippen LogP) is 3.13. The Hall–Kier alpha value is -0.0800. The van der Waals surface area contributed by atoms with Crippen LogP contribution < -0.4 is 5.32 Å². The van der Waals surface area contributed by atoms with E-state index in [2.05, 4.69) is 44.8 Å². The number of hydrogen-bond donors (Lipinski definition) is 1. The molecule has 1 aliphatic rings. The summed E-state index contributed by atoms with van der Waals surface area (Å²) >= 11 is 0. The number of unbranched alkanes of at least 4 members (excludes halogenated alkanes) is 1. The first-order valence-corrected chi connectivity index (χ1v) is 7.40. The molecular formula is C15H32N2. The Morgan fingerprint density at radius 3 is 2.59 bits per heavy atom. The monoisotopic (exact) mass is 240 g/mol. The van der Waals surface area contributed by atoms with Gasteiger partial charge in [-0.2, -0.15) is 0 Å². The zero-order valence-electron chi connectivity index (χ0n) is 12.6. The average Bonchev–Trinajstić information content (AvgIpc) is 2.72. The van der Waals surface area contributed by atoms with E-state index in [1.165, 1.54) is 38.9 Å². The van der Waals surface area contributed by atoms with E-state index in [0.29, 0.717) is 11.5 Å². The van der Waals surface area contributed by atoms with Gasteiger partial charge in [0.25, 0.3) is 0 Å². The van der Waals surface area contributed by atoms with Gasteiger partial charge in [0.2, 0.25) is 0 Å². The molecule has 1 heterocycles. The highest BCUT2D eigenvalue weighted by Crippen LogP contribution is 2.34. The standard InChI is InChI=1S/C15H32N2/c1-6-7-9-16-11-13(2)17-10-8-14(12-17)15(3,4)5/h13-14,16H,6-12H2,1-5H3. The maximum absolute atomic E-state index is 3.57. The van der Waals surface area contributed by atoms with Gasteiger partial charge in [0, 0.05) is 19.1 Å². The second-order valence-corrected chi connectivity index (χ2v) is 6.75. The molecule has 1 aliphatic heterocycles. The molecular weight excluding hydrogens is 208 g/mol. The van der Waals surface area contributed by atoms with Gasteiger partial charge in [-0.15, -0.1) is 0 Å². The minimum absolute atomic E-state index is 0.476. The van der Waals surface area contributed by atoms with Crippen LogP contribution in [-0.4, -0.2) is 37.1 Å². The maximum atomic E-state index is 3.57. The van der Waals surface area contributed by atoms with E-state index in [4.69, 9.17) is 0 Å². The summed E-state index contributed by atoms with van der Waals surface area (Å²) in [5.41, 5.74) is 0.476. The highest BCUT2D eigenvalue weighted by atomic mass is 15.2. The van der Waals surface area contributed by atoms with Crippen LogP contribution >= 0.6 is 0 Å². The van der Waals surface area contributed by atoms with E-state index in [0.717, 1.165) is 12.5 Å². The van der Waals surface area contributed by atoms with Crippen molar-refractivity contribution >= 4 is 0 Å². The van der Waals surface area contributed by atoms with E-state index in [-0.39, 0.29) is 0 Å². The third kappa shape index (κ3) is 4.97. The van der Waals surface area contributed by atoms with Crippen LogP contribution in [0.5, 0.6) is 0 Å². The molecule has 0 aromatic carbocycles. The molecule has 0 amide bonds. The van der Waals surface area contributed by atoms with Crippen LogP contribution in [-0.2, 0) is 0 Å². The number of hydrogen-bond acceptors (Lipinski definition) is 2. The fraction of sp³-hybridized carbons (Fsp3) is 1.00. The van der Waals surface area contributed by atoms with Gasteiger partial charge in [-0.1, -0.05) is 34.1 Å². The first-order valence-electron chi connectivity index (χ1n) is 7.40. The molecule has 1 fully saturated rings. The lowest BCUT2D eigenvalue weighted by molar-refractivity contribution is 0.199. The van der Waals surface area contributed by atoms with Crippen molar-refractivity contribution < 1.29 is 0 Å². The van der Waals surface area contributed by atoms with Crippen molar-refractivity contribution in [3.63, 3.8) is 0 Å². The van der Waals surface area contributed by atoms with Crippen LogP contribution in [0.1, 0.15) is 53.9 Å². The van der Waals surface area contributed by atoms with Gasteiger partial charge in [0.1, 0.15) is 0 Å². The minimum Gasteiger partial charge on any atom is -0.315 e. The van der Waals surface area contributed by atoms with E-state index in [1.54, 1.807) is 0 Å². The maximum Gasteiger partial charge on any atom is 0.0192 e. The third-order valence-corrected chi connectivity index (χ3v) is 4.21. The summed E-state index contributed by atoms with van der Waals surface area (Å²) < 4.78 is 0. The third-order valence-electron chi connectivity index (χ3n) is 4.21. The lowest BCUT2D eigenvalue weighted by Gasteiger charge is -2.29. The van der Waals surface area contributed by atoms with Crippen molar-refractivity contribution in [2.75, 3.05) is 26.2 Å². The lowest BCUT2D eigenvalue weighted by Crippen LogP contribution is -2.40. The zero-order chi connectivity index (χ0) is 12.9. The van der Waals surface area contributed by atoms with Crippen molar-refractivity contribution in [2.45, 2.75) is 59.9 Å². The number of nitrogens with zero attached hydrogens (tertiary/aromatic N) is 1. The normalized spacial score (nSPS) is 24.2. The van der Waals surface area contributed by atoms with Gasteiger partial charge in [-0.25, -0.2) is 0 Å². The Morgan fingerprint density at radius 1 is 1.35 bits per heavy atom. The summed E-state index contributed by atoms with van der Waals surface area (Å²) in [7, 11) is 0. The highest BCUT2D eigenvalue weighted by Gasteiger charge is 2.33. The summed E-state index contributed by atoms with van der Waals surface area (Å²) in [4.78, 5) is 2.66. The SMILES string of the molecule is CCCCNCC(C)N1CCC(C(C)(C)C)C1. The predicted molar refractivity (Wildman–Crippen MR) is 76.4 cm³/mol. The van der Waals surface area contributed by atoms with Crippen molar-refractivity contribution in [1.82, 2.24) is 10.2 Å². The van der Waals surface area contributed by atoms with Crippen LogP contribution in [0.25, 0.3) is 0 Å². The van der Waals surface area contributed by atoms with E-state index >= 15 is 0 Å². The van der Waals surface area contributed by atoms with Crippen molar-refractivity contribution in [3.05, 3.63) is 0 Å². The molecule has 0 bridgehead atoms. The molecule has 2 heteroatoms. The summed E-state index contributed by atoms with van der Waals surface area (Å²) in [6.45, 7) is 16.7. The summed E-state index contributed by atoms with van der Waals surface area (Å²) in [5, 5.41) is 3.57. The molecule has 17 heavy (non-hydrogen) atoms. The molecule has 2 unspecified atom stereocenters. The fourth-order valence-electron chi connectivity index (χ4n) is 2.64. The van der Waals surface area contributed by atoms with Crippen LogP contribution in [0.15, 0.2) is 0 Å². The Bertz CT molecular complexity index is 207. The Kier molecular flexibility index (Phi) is 5.94. The van der Waals surface area contributed by atoms with Gasteiger partial charge < -0.3 is 5.32 Å². The molecule has 1 rings (SSSR count). The number of likely N-dealkylation sites (tertiary alicyclic amines) is 1. The topological polar surface area (TPSA) is 15.3 Å². The molecule has 2 atom stereocenters. The smallest absolute Gasteiger partial charge is 0.0192 e. The summed E-state index contributed by atoms with van der Waals surface area (Å²) in [6, 6.07) is 0.694. The van der Waals surface area contributed by atoms with Gasteiger partial charge >= 0.3 is 0 Å². The van der Waals surface area contributed by atoms with Crippen LogP contribution in [0.2, 0.25) is 0 Å². The first kappa shape index (κ1) is 15.0. The van der Waals surface area contributed by atoms with Crippen molar-refractivity contribution in [1.29, 1.82) is 0 Å². The van der Waals surface area contributed by atoms with Gasteiger partial charge in [-0.3, -0.25) is 4.90 Å². The molecule has 1 saturated heterocycles. The molecule has 102 valence electrons. The molecule has 2 nitrogen and oxygen atoms in total. The average molecular weight is 240 g/mol. The molecule has 0 radical (unpaired) electrons. The van der Waals surface area contributed by atoms with Gasteiger partial charge in [-0.05, 0) is 44.2 Å². The Labute approximate surface area is 108 Å². The Balaban J connectivity index is 2.23. The molecule has 0 aliphatic carbocycles. The second-order valence-electron chi connectivity index (χ2n) is 6.75. The molecule has 1 N–H and O–H groups in total. The van der Waals surface area contributed by atoms with Crippen LogP contribution in [0, 0.1) is 11.3 Å². The second kappa shape index (κ2) is 6.75. The molecule has 0 aromatic rings. The minimum atomic E-state index is 0.476. The molecule has 0 aromatic heterocycles. The number of rotatable bonds is 6. The number of nitrogens with one attached hydrogen (secondary N) is 1. The molecule has 0 spiro atoms. The van der Waals surface area contributed by atoms with E-state index in [1.807, 2.05) is 0 Å². The van der Waals surface area contributed by atoms with E-state index in [9.17, 15) is 0 Å². The van der Waals surface area contributed by atoms with E-state index < -0.39 is 0 Å². The Morgan fingerprint density at radius 2 is 2.06 bits per heavy atom. The van der Waals surface area contributed by atoms with Crippen molar-refractivity contribution in [2.24, 2.45) is 11.3 Å². The zero-order valence-corrected chi connectivity index (χ0v) is 12.6. The summed E-state index contributed by atoms with van der Waals surface area (Å²) in [5.74, 6) is 0.876. The summed E-state index contributed by atoms with van der Waals surface area (Å²) in [6.07, 6.45) is 3.97. The first-order chi connectivity index (χ1) is 7.95. The van der Waals surface area contributed by atoms with Gasteiger partial charge in [0.05, 0.1) is 0 Å². The highest BCUT2D eigenvalue weighted by molar-refractivity contribution is 4.86. The molecule has 0 saturated carbocycles. The van der Waals surface area contributed by atoms with Crippen LogP contribution in [0.3, 0.4) is 0 Å². The van der Waals surface area contributed by atoms with Gasteiger partial charge in [0.15, 0.2) is 0 Å².